The molecule has 3 aromatic heterocycles. The molecule has 3 aromatic rings. The minimum atomic E-state index is -6.23. The summed E-state index contributed by atoms with van der Waals surface area (Å²) in [5, 5.41) is 41.2. The molecule has 2 fully saturated rings. The predicted octanol–water partition coefficient (Wildman–Crippen LogP) is -3.61. The van der Waals surface area contributed by atoms with Gasteiger partial charge in [0.1, 0.15) is 36.6 Å². The summed E-state index contributed by atoms with van der Waals surface area (Å²) >= 11 is 0. The molecule has 51 heavy (non-hydrogen) atoms. The molecule has 0 amide bonds. The van der Waals surface area contributed by atoms with E-state index in [-0.39, 0.29) is 11.2 Å². The SMILES string of the molecule is O=c1ccn(C2OC(COP(=O)(O)OP(=O)(O)OP(=O)(O)OP(=O)(O)OCC3OC(n4cnc5c(=O)[nH]cnc54)C(O)C3O)C(O)C2O)c(=O)[nH]1. The first kappa shape index (κ1) is 39.6. The number of rotatable bonds is 14. The van der Waals surface area contributed by atoms with Crippen molar-refractivity contribution in [3.05, 3.63) is 56.1 Å². The monoisotopic (exact) mass is 814 g/mol. The summed E-state index contributed by atoms with van der Waals surface area (Å²) in [5.41, 5.74) is -2.78. The lowest BCUT2D eigenvalue weighted by Gasteiger charge is -2.21. The Labute approximate surface area is 279 Å². The average Bonchev–Trinajstić information content (AvgIpc) is 3.64. The Morgan fingerprint density at radius 2 is 1.22 bits per heavy atom. The van der Waals surface area contributed by atoms with Crippen molar-refractivity contribution in [2.24, 2.45) is 0 Å². The van der Waals surface area contributed by atoms with Gasteiger partial charge < -0.3 is 54.5 Å². The lowest BCUT2D eigenvalue weighted by molar-refractivity contribution is -0.0542. The maximum Gasteiger partial charge on any atom is 0.490 e. The van der Waals surface area contributed by atoms with Crippen LogP contribution >= 0.6 is 31.3 Å². The van der Waals surface area contributed by atoms with Crippen molar-refractivity contribution < 1.29 is 89.7 Å². The largest absolute Gasteiger partial charge is 0.490 e. The highest BCUT2D eigenvalue weighted by atomic mass is 31.3. The highest BCUT2D eigenvalue weighted by molar-refractivity contribution is 7.69. The standard InChI is InChI=1S/C19H26N6O22P4/c26-9-1-2-24(19(32)23-9)17-13(29)11(27)7(43-17)3-41-48(33,34)45-50(37,38)47-51(39,40)46-49(35,36)42-4-8-12(28)14(30)18(44-8)25-6-22-10-15(25)20-5-21-16(10)31/h1-2,5-8,11-14,17-18,27-30H,3-4H2,(H,33,34)(H,35,36)(H,37,38)(H,39,40)(H,20,21,31)(H,23,26,32). The summed E-state index contributed by atoms with van der Waals surface area (Å²) in [6.07, 6.45) is -11.0. The molecule has 2 saturated heterocycles. The quantitative estimate of drug-likeness (QED) is 0.0703. The summed E-state index contributed by atoms with van der Waals surface area (Å²) in [7, 11) is -24.1. The number of aromatic nitrogens is 6. The summed E-state index contributed by atoms with van der Waals surface area (Å²) in [6.45, 7) is -2.36. The van der Waals surface area contributed by atoms with Gasteiger partial charge in [-0.3, -0.25) is 32.8 Å². The van der Waals surface area contributed by atoms with Crippen LogP contribution < -0.4 is 16.8 Å². The van der Waals surface area contributed by atoms with Gasteiger partial charge in [0.05, 0.1) is 25.9 Å². The summed E-state index contributed by atoms with van der Waals surface area (Å²) in [6, 6.07) is 0.872. The minimum absolute atomic E-state index is 0.0860. The van der Waals surface area contributed by atoms with Gasteiger partial charge in [-0.2, -0.15) is 12.9 Å². The van der Waals surface area contributed by atoms with Gasteiger partial charge in [0.25, 0.3) is 11.1 Å². The van der Waals surface area contributed by atoms with E-state index in [0.29, 0.717) is 4.57 Å². The molecule has 5 heterocycles. The third-order valence-corrected chi connectivity index (χ3v) is 12.8. The van der Waals surface area contributed by atoms with Crippen LogP contribution in [0.25, 0.3) is 11.2 Å². The van der Waals surface area contributed by atoms with E-state index in [0.717, 1.165) is 29.5 Å². The summed E-state index contributed by atoms with van der Waals surface area (Å²) in [4.78, 5) is 86.2. The molecule has 10 N–H and O–H groups in total. The van der Waals surface area contributed by atoms with Gasteiger partial charge >= 0.3 is 37.0 Å². The molecule has 0 aromatic carbocycles. The number of hydrogen-bond donors (Lipinski definition) is 10. The second-order valence-electron chi connectivity index (χ2n) is 10.4. The van der Waals surface area contributed by atoms with Gasteiger partial charge in [-0.1, -0.05) is 0 Å². The molecule has 28 nitrogen and oxygen atoms in total. The van der Waals surface area contributed by atoms with Crippen molar-refractivity contribution in [1.82, 2.24) is 29.1 Å². The van der Waals surface area contributed by atoms with Gasteiger partial charge in [-0.15, -0.1) is 0 Å². The first-order valence-electron chi connectivity index (χ1n) is 13.6. The number of aromatic amines is 2. The molecule has 284 valence electrons. The summed E-state index contributed by atoms with van der Waals surface area (Å²) < 4.78 is 81.7. The molecule has 0 bridgehead atoms. The van der Waals surface area contributed by atoms with Crippen LogP contribution in [0, 0.1) is 0 Å². The predicted molar refractivity (Wildman–Crippen MR) is 156 cm³/mol. The highest BCUT2D eigenvalue weighted by Crippen LogP contribution is 2.71. The number of phosphoric ester groups is 2. The molecule has 0 saturated carbocycles. The number of aliphatic hydroxyl groups is 4. The molecule has 0 spiro atoms. The third kappa shape index (κ3) is 9.12. The van der Waals surface area contributed by atoms with E-state index in [4.69, 9.17) is 9.47 Å². The fourth-order valence-electron chi connectivity index (χ4n) is 4.67. The fourth-order valence-corrected chi connectivity index (χ4v) is 9.63. The number of imidazole rings is 1. The van der Waals surface area contributed by atoms with E-state index in [2.05, 4.69) is 36.9 Å². The number of nitrogens with one attached hydrogen (secondary N) is 2. The molecule has 12 unspecified atom stereocenters. The van der Waals surface area contributed by atoms with Gasteiger partial charge in [-0.05, 0) is 0 Å². The van der Waals surface area contributed by atoms with Crippen LogP contribution in [0.3, 0.4) is 0 Å². The molecule has 2 aliphatic rings. The van der Waals surface area contributed by atoms with Crippen LogP contribution in [0.15, 0.2) is 39.3 Å². The topological polar surface area (TPSA) is 413 Å². The van der Waals surface area contributed by atoms with Crippen LogP contribution in [-0.4, -0.2) is 119 Å². The van der Waals surface area contributed by atoms with E-state index in [9.17, 15) is 72.6 Å². The zero-order valence-electron chi connectivity index (χ0n) is 24.7. The van der Waals surface area contributed by atoms with Gasteiger partial charge in [0.2, 0.25) is 0 Å². The lowest BCUT2D eigenvalue weighted by Crippen LogP contribution is -2.37. The number of phosphoric acid groups is 4. The number of fused-ring (bicyclic) bond motifs is 1. The van der Waals surface area contributed by atoms with Gasteiger partial charge in [0.15, 0.2) is 23.6 Å². The highest BCUT2D eigenvalue weighted by Gasteiger charge is 2.50. The van der Waals surface area contributed by atoms with Crippen molar-refractivity contribution in [3.63, 3.8) is 0 Å². The Bertz CT molecular complexity index is 2140. The van der Waals surface area contributed by atoms with E-state index >= 15 is 0 Å². The van der Waals surface area contributed by atoms with Crippen LogP contribution in [0.2, 0.25) is 0 Å². The molecule has 0 aliphatic carbocycles. The number of aliphatic hydroxyl groups excluding tert-OH is 4. The number of nitrogens with zero attached hydrogens (tertiary/aromatic N) is 4. The van der Waals surface area contributed by atoms with E-state index in [1.54, 1.807) is 0 Å². The Morgan fingerprint density at radius 3 is 1.73 bits per heavy atom. The van der Waals surface area contributed by atoms with Crippen molar-refractivity contribution >= 4 is 42.5 Å². The van der Waals surface area contributed by atoms with Gasteiger partial charge in [-0.25, -0.2) is 33.0 Å². The first-order chi connectivity index (χ1) is 23.6. The van der Waals surface area contributed by atoms with Crippen molar-refractivity contribution in [2.75, 3.05) is 13.2 Å². The van der Waals surface area contributed by atoms with Crippen molar-refractivity contribution in [1.29, 1.82) is 0 Å². The van der Waals surface area contributed by atoms with E-state index in [1.807, 2.05) is 4.98 Å². The summed E-state index contributed by atoms with van der Waals surface area (Å²) in [5.74, 6) is 0. The molecule has 12 atom stereocenters. The third-order valence-electron chi connectivity index (χ3n) is 6.86. The van der Waals surface area contributed by atoms with Gasteiger partial charge in [0, 0.05) is 12.3 Å². The zero-order chi connectivity index (χ0) is 37.7. The molecule has 2 aliphatic heterocycles. The van der Waals surface area contributed by atoms with Crippen LogP contribution in [-0.2, 0) is 49.7 Å². The van der Waals surface area contributed by atoms with Crippen LogP contribution in [0.4, 0.5) is 0 Å². The maximum absolute atomic E-state index is 12.3. The number of ether oxygens (including phenoxy) is 2. The molecule has 5 rings (SSSR count). The smallest absolute Gasteiger partial charge is 0.387 e. The zero-order valence-corrected chi connectivity index (χ0v) is 28.3. The molecular weight excluding hydrogens is 788 g/mol. The van der Waals surface area contributed by atoms with E-state index < -0.39 is 110 Å². The Morgan fingerprint density at radius 1 is 0.725 bits per heavy atom. The molecule has 0 radical (unpaired) electrons. The van der Waals surface area contributed by atoms with Crippen LogP contribution in [0.1, 0.15) is 12.5 Å². The fraction of sp³-hybridized carbons (Fsp3) is 0.526. The first-order valence-corrected chi connectivity index (χ1v) is 19.6. The Hall–Kier alpha value is -2.65. The maximum atomic E-state index is 12.3. The normalized spacial score (nSPS) is 31.5. The lowest BCUT2D eigenvalue weighted by atomic mass is 10.1. The average molecular weight is 814 g/mol. The number of H-pyrrole nitrogens is 2. The Balaban J connectivity index is 1.14. The second-order valence-corrected chi connectivity index (χ2v) is 16.6. The Kier molecular flexibility index (Phi) is 11.4. The number of hydrogen-bond acceptors (Lipinski definition) is 20. The van der Waals surface area contributed by atoms with E-state index in [1.165, 1.54) is 0 Å². The van der Waals surface area contributed by atoms with Crippen molar-refractivity contribution in [3.8, 4) is 0 Å². The van der Waals surface area contributed by atoms with Crippen LogP contribution in [0.5, 0.6) is 0 Å². The molecule has 32 heteroatoms. The second kappa shape index (κ2) is 14.6. The minimum Gasteiger partial charge on any atom is -0.387 e. The van der Waals surface area contributed by atoms with Crippen molar-refractivity contribution in [2.45, 2.75) is 49.1 Å². The molecular formula is C19H26N6O22P4.